The number of carboxylic acid groups (broad SMARTS) is 1. The predicted octanol–water partition coefficient (Wildman–Crippen LogP) is 5.44. The highest BCUT2D eigenvalue weighted by Gasteiger charge is 2.41. The fraction of sp³-hybridized carbons (Fsp3) is 0.344. The third-order valence-corrected chi connectivity index (χ3v) is 7.03. The lowest BCUT2D eigenvalue weighted by Crippen LogP contribution is -2.44. The number of hydrogen-bond donors (Lipinski definition) is 2. The zero-order chi connectivity index (χ0) is 30.6. The molecule has 0 bridgehead atoms. The third kappa shape index (κ3) is 5.54. The van der Waals surface area contributed by atoms with E-state index in [9.17, 15) is 15.0 Å². The smallest absolute Gasteiger partial charge is 0.313 e. The van der Waals surface area contributed by atoms with Crippen molar-refractivity contribution in [3.63, 3.8) is 0 Å². The first-order valence-corrected chi connectivity index (χ1v) is 12.2. The van der Waals surface area contributed by atoms with Crippen LogP contribution in [0.3, 0.4) is 0 Å². The van der Waals surface area contributed by atoms with Crippen LogP contribution in [0.2, 0.25) is 0 Å². The summed E-state index contributed by atoms with van der Waals surface area (Å²) in [6.45, 7) is -4.19. The van der Waals surface area contributed by atoms with Crippen molar-refractivity contribution in [2.24, 2.45) is 5.92 Å². The van der Waals surface area contributed by atoms with E-state index in [2.05, 4.69) is 16.7 Å². The van der Waals surface area contributed by atoms with Crippen molar-refractivity contribution < 1.29 is 23.2 Å². The molecule has 0 spiro atoms. The van der Waals surface area contributed by atoms with E-state index in [1.807, 2.05) is 60.7 Å². The fourth-order valence-corrected chi connectivity index (χ4v) is 4.90. The highest BCUT2D eigenvalue weighted by atomic mass is 16.4. The molecule has 0 atom stereocenters. The lowest BCUT2D eigenvalue weighted by molar-refractivity contribution is -0.142. The molecule has 0 aromatic heterocycles. The van der Waals surface area contributed by atoms with Gasteiger partial charge in [-0.15, -0.1) is 0 Å². The Hall–Kier alpha value is -3.39. The molecule has 1 fully saturated rings. The van der Waals surface area contributed by atoms with E-state index in [-0.39, 0.29) is 11.5 Å². The Labute approximate surface area is 223 Å². The van der Waals surface area contributed by atoms with Gasteiger partial charge in [0.1, 0.15) is 5.60 Å². The van der Waals surface area contributed by atoms with Crippen molar-refractivity contribution in [1.29, 1.82) is 0 Å². The second-order valence-corrected chi connectivity index (χ2v) is 9.30. The van der Waals surface area contributed by atoms with Gasteiger partial charge in [0, 0.05) is 26.8 Å². The lowest BCUT2D eigenvalue weighted by atomic mass is 9.72. The van der Waals surface area contributed by atoms with Gasteiger partial charge in [-0.2, -0.15) is 0 Å². The van der Waals surface area contributed by atoms with Crippen molar-refractivity contribution in [2.75, 3.05) is 19.6 Å². The molecular weight excluding hydrogens is 446 g/mol. The van der Waals surface area contributed by atoms with E-state index in [0.717, 1.165) is 43.6 Å². The molecule has 2 N–H and O–H groups in total. The maximum atomic E-state index is 12.1. The van der Waals surface area contributed by atoms with Crippen LogP contribution < -0.4 is 0 Å². The van der Waals surface area contributed by atoms with E-state index in [4.69, 9.17) is 8.22 Å². The van der Waals surface area contributed by atoms with Crippen LogP contribution in [-0.2, 0) is 15.8 Å². The number of aliphatic hydroxyl groups is 1. The number of benzene rings is 3. The summed E-state index contributed by atoms with van der Waals surface area (Å²) in [7, 11) is 0. The molecule has 36 heavy (non-hydrogen) atoms. The van der Waals surface area contributed by atoms with Crippen LogP contribution in [0, 0.1) is 17.8 Å². The number of likely N-dealkylation sites (tertiary alicyclic amines) is 1. The number of nitrogens with zero attached hydrogens (tertiary/aromatic N) is 1. The number of carbonyl (C=O) groups is 1. The Bertz CT molecular complexity index is 1350. The molecule has 1 saturated heterocycles. The number of carboxylic acids is 1. The van der Waals surface area contributed by atoms with Crippen molar-refractivity contribution in [3.8, 4) is 11.8 Å². The van der Waals surface area contributed by atoms with Crippen molar-refractivity contribution in [2.45, 2.75) is 44.0 Å². The van der Waals surface area contributed by atoms with E-state index < -0.39 is 30.7 Å². The maximum absolute atomic E-state index is 12.1. The zero-order valence-corrected chi connectivity index (χ0v) is 20.2. The second-order valence-electron chi connectivity index (χ2n) is 9.30. The van der Waals surface area contributed by atoms with Crippen molar-refractivity contribution >= 4 is 5.97 Å². The Morgan fingerprint density at radius 3 is 1.97 bits per heavy atom. The Morgan fingerprint density at radius 2 is 1.47 bits per heavy atom. The molecule has 186 valence electrons. The minimum Gasteiger partial charge on any atom is -0.481 e. The van der Waals surface area contributed by atoms with E-state index in [0.29, 0.717) is 12.0 Å². The molecule has 3 aromatic rings. The number of aliphatic carboxylic acids is 1. The average Bonchev–Trinajstić information content (AvgIpc) is 2.95. The molecule has 0 aliphatic carbocycles. The normalized spacial score (nSPS) is 18.4. The molecule has 0 saturated carbocycles. The SMILES string of the molecule is [2H]C([2H])([2H])C(C(=O)O)(c1ccc(C#CCCN2CCC(C(O)(c3ccccc3)c3ccccc3)CC2)cc1)C([2H])([2H])[2H]. The minimum atomic E-state index is -3.29. The van der Waals surface area contributed by atoms with Crippen LogP contribution in [0.4, 0.5) is 0 Å². The first kappa shape index (κ1) is 18.8. The van der Waals surface area contributed by atoms with Gasteiger partial charge in [-0.3, -0.25) is 4.79 Å². The van der Waals surface area contributed by atoms with Gasteiger partial charge in [0.05, 0.1) is 5.41 Å². The molecule has 0 amide bonds. The van der Waals surface area contributed by atoms with Crippen LogP contribution in [0.1, 0.15) is 63.4 Å². The summed E-state index contributed by atoms with van der Waals surface area (Å²) in [6.07, 6.45) is 2.23. The van der Waals surface area contributed by atoms with Gasteiger partial charge in [0.25, 0.3) is 0 Å². The van der Waals surface area contributed by atoms with Crippen LogP contribution >= 0.6 is 0 Å². The van der Waals surface area contributed by atoms with Crippen LogP contribution in [0.5, 0.6) is 0 Å². The largest absolute Gasteiger partial charge is 0.481 e. The molecule has 3 aromatic carbocycles. The van der Waals surface area contributed by atoms with Crippen molar-refractivity contribution in [1.82, 2.24) is 4.90 Å². The maximum Gasteiger partial charge on any atom is 0.313 e. The molecule has 4 rings (SSSR count). The second kappa shape index (κ2) is 11.1. The first-order chi connectivity index (χ1) is 19.8. The molecule has 4 heteroatoms. The summed E-state index contributed by atoms with van der Waals surface area (Å²) in [5.74, 6) is 4.24. The highest BCUT2D eigenvalue weighted by Crippen LogP contribution is 2.41. The van der Waals surface area contributed by atoms with Crippen LogP contribution in [0.25, 0.3) is 0 Å². The predicted molar refractivity (Wildman–Crippen MR) is 144 cm³/mol. The zero-order valence-electron chi connectivity index (χ0n) is 26.2. The summed E-state index contributed by atoms with van der Waals surface area (Å²) in [4.78, 5) is 14.3. The Balaban J connectivity index is 1.39. The van der Waals surface area contributed by atoms with E-state index >= 15 is 0 Å². The van der Waals surface area contributed by atoms with Gasteiger partial charge in [0.15, 0.2) is 0 Å². The summed E-state index contributed by atoms with van der Waals surface area (Å²) < 4.78 is 46.4. The molecule has 1 aliphatic rings. The fourth-order valence-electron chi connectivity index (χ4n) is 4.90. The molecule has 0 unspecified atom stereocenters. The number of piperidine rings is 1. The molecule has 0 radical (unpaired) electrons. The number of hydrogen-bond acceptors (Lipinski definition) is 3. The average molecular weight is 488 g/mol. The van der Waals surface area contributed by atoms with Gasteiger partial charge >= 0.3 is 5.97 Å². The topological polar surface area (TPSA) is 60.8 Å². The van der Waals surface area contributed by atoms with Crippen LogP contribution in [-0.4, -0.2) is 40.7 Å². The van der Waals surface area contributed by atoms with Gasteiger partial charge in [-0.1, -0.05) is 84.6 Å². The molecule has 4 nitrogen and oxygen atoms in total. The first-order valence-electron chi connectivity index (χ1n) is 15.2. The van der Waals surface area contributed by atoms with Gasteiger partial charge in [0.2, 0.25) is 0 Å². The van der Waals surface area contributed by atoms with E-state index in [1.165, 1.54) is 24.3 Å². The monoisotopic (exact) mass is 487 g/mol. The van der Waals surface area contributed by atoms with Gasteiger partial charge < -0.3 is 15.1 Å². The van der Waals surface area contributed by atoms with Gasteiger partial charge in [-0.05, 0) is 74.4 Å². The van der Waals surface area contributed by atoms with Crippen molar-refractivity contribution in [3.05, 3.63) is 107 Å². The summed E-state index contributed by atoms with van der Waals surface area (Å²) in [5.41, 5.74) is -2.10. The summed E-state index contributed by atoms with van der Waals surface area (Å²) in [6, 6.07) is 25.0. The highest BCUT2D eigenvalue weighted by molar-refractivity contribution is 5.80. The quantitative estimate of drug-likeness (QED) is 0.436. The standard InChI is InChI=1S/C32H35NO3/c1-31(2,30(34)35)26-18-16-25(17-19-26)11-9-10-22-33-23-20-29(21-24-33)32(36,27-12-5-3-6-13-27)28-14-7-4-8-15-28/h3-8,12-19,29,36H,10,20-24H2,1-2H3,(H,34,35)/i1D3,2D3. The molecule has 1 heterocycles. The van der Waals surface area contributed by atoms with Gasteiger partial charge in [-0.25, -0.2) is 0 Å². The molecule has 1 aliphatic heterocycles. The Morgan fingerprint density at radius 1 is 0.917 bits per heavy atom. The third-order valence-electron chi connectivity index (χ3n) is 7.03. The minimum absolute atomic E-state index is 0.0610. The summed E-state index contributed by atoms with van der Waals surface area (Å²) in [5, 5.41) is 21.8. The Kier molecular flexibility index (Phi) is 5.81. The molecular formula is C32H35NO3. The number of rotatable bonds is 7. The van der Waals surface area contributed by atoms with Crippen LogP contribution in [0.15, 0.2) is 84.9 Å². The van der Waals surface area contributed by atoms with E-state index in [1.54, 1.807) is 0 Å². The summed E-state index contributed by atoms with van der Waals surface area (Å²) >= 11 is 0. The lowest BCUT2D eigenvalue weighted by Gasteiger charge is -2.42.